The summed E-state index contributed by atoms with van der Waals surface area (Å²) in [4.78, 5) is 28.2. The van der Waals surface area contributed by atoms with Gasteiger partial charge >= 0.3 is 6.18 Å². The molecular weight excluding hydrogens is 635 g/mol. The van der Waals surface area contributed by atoms with E-state index in [1.54, 1.807) is 54.6 Å². The van der Waals surface area contributed by atoms with Crippen LogP contribution in [0.15, 0.2) is 77.3 Å². The van der Waals surface area contributed by atoms with E-state index in [-0.39, 0.29) is 13.0 Å². The van der Waals surface area contributed by atoms with E-state index in [0.29, 0.717) is 15.9 Å². The molecule has 13 heteroatoms. The number of carbonyl (C=O) groups excluding carboxylic acids is 2. The van der Waals surface area contributed by atoms with Crippen molar-refractivity contribution in [3.8, 4) is 0 Å². The van der Waals surface area contributed by atoms with Crippen LogP contribution in [0.4, 0.5) is 18.9 Å². The fourth-order valence-electron chi connectivity index (χ4n) is 4.05. The molecule has 0 saturated carbocycles. The molecule has 214 valence electrons. The van der Waals surface area contributed by atoms with Crippen molar-refractivity contribution in [2.45, 2.75) is 25.2 Å². The van der Waals surface area contributed by atoms with E-state index in [9.17, 15) is 31.2 Å². The molecule has 40 heavy (non-hydrogen) atoms. The zero-order valence-corrected chi connectivity index (χ0v) is 24.6. The largest absolute Gasteiger partial charge is 0.417 e. The summed E-state index contributed by atoms with van der Waals surface area (Å²) in [6.45, 7) is -0.927. The summed E-state index contributed by atoms with van der Waals surface area (Å²) >= 11 is 9.09. The third kappa shape index (κ3) is 8.21. The standard InChI is InChI=1S/C27H26BrClF3N3O4S/c1-33-26(37)24(14-18-7-4-3-5-8-18)34(16-19-9-6-10-20(28)13-19)25(36)17-35(40(2,38)39)21-11-12-23(29)22(15-21)27(30,31)32/h3-13,15,24H,14,16-17H2,1-2H3,(H,33,37). The van der Waals surface area contributed by atoms with E-state index < -0.39 is 56.9 Å². The molecule has 0 aliphatic heterocycles. The van der Waals surface area contributed by atoms with Crippen LogP contribution in [0.1, 0.15) is 16.7 Å². The highest BCUT2D eigenvalue weighted by Crippen LogP contribution is 2.37. The average molecular weight is 661 g/mol. The van der Waals surface area contributed by atoms with Crippen LogP contribution in [0, 0.1) is 0 Å². The molecule has 0 heterocycles. The van der Waals surface area contributed by atoms with E-state index in [1.165, 1.54) is 11.9 Å². The lowest BCUT2D eigenvalue weighted by atomic mass is 10.0. The van der Waals surface area contributed by atoms with Gasteiger partial charge in [-0.25, -0.2) is 8.42 Å². The van der Waals surface area contributed by atoms with Crippen molar-refractivity contribution >= 4 is 55.1 Å². The van der Waals surface area contributed by atoms with E-state index >= 15 is 0 Å². The lowest BCUT2D eigenvalue weighted by molar-refractivity contribution is -0.139. The Kier molecular flexibility index (Phi) is 10.3. The summed E-state index contributed by atoms with van der Waals surface area (Å²) in [5, 5.41) is 1.93. The lowest BCUT2D eigenvalue weighted by Gasteiger charge is -2.33. The second-order valence-electron chi connectivity index (χ2n) is 8.90. The van der Waals surface area contributed by atoms with Crippen molar-refractivity contribution in [1.29, 1.82) is 0 Å². The van der Waals surface area contributed by atoms with Gasteiger partial charge in [0.15, 0.2) is 0 Å². The van der Waals surface area contributed by atoms with Crippen molar-refractivity contribution in [2.75, 3.05) is 24.2 Å². The average Bonchev–Trinajstić information content (AvgIpc) is 2.88. The molecule has 0 fully saturated rings. The minimum Gasteiger partial charge on any atom is -0.357 e. The Balaban J connectivity index is 2.07. The molecule has 0 aliphatic carbocycles. The number of alkyl halides is 3. The molecule has 0 radical (unpaired) electrons. The van der Waals surface area contributed by atoms with Crippen LogP contribution in [-0.4, -0.2) is 51.0 Å². The predicted molar refractivity (Wildman–Crippen MR) is 151 cm³/mol. The van der Waals surface area contributed by atoms with Crippen molar-refractivity contribution in [3.05, 3.63) is 99.0 Å². The van der Waals surface area contributed by atoms with Gasteiger partial charge in [-0.3, -0.25) is 13.9 Å². The molecule has 0 aromatic heterocycles. The topological polar surface area (TPSA) is 86.8 Å². The summed E-state index contributed by atoms with van der Waals surface area (Å²) in [6, 6.07) is 17.4. The maximum atomic E-state index is 13.8. The number of rotatable bonds is 10. The van der Waals surface area contributed by atoms with Crippen molar-refractivity contribution in [3.63, 3.8) is 0 Å². The number of hydrogen-bond donors (Lipinski definition) is 1. The normalized spacial score (nSPS) is 12.5. The molecule has 3 rings (SSSR count). The number of anilines is 1. The number of benzene rings is 3. The molecule has 3 aromatic carbocycles. The highest BCUT2D eigenvalue weighted by molar-refractivity contribution is 9.10. The number of sulfonamides is 1. The first kappa shape index (κ1) is 31.4. The Bertz CT molecular complexity index is 1470. The van der Waals surface area contributed by atoms with Gasteiger partial charge in [0.05, 0.1) is 22.5 Å². The van der Waals surface area contributed by atoms with Gasteiger partial charge in [-0.2, -0.15) is 13.2 Å². The fraction of sp³-hybridized carbons (Fsp3) is 0.259. The van der Waals surface area contributed by atoms with Crippen LogP contribution in [0.3, 0.4) is 0 Å². The third-order valence-corrected chi connectivity index (χ3v) is 7.95. The molecule has 2 amide bonds. The van der Waals surface area contributed by atoms with E-state index in [0.717, 1.165) is 28.4 Å². The summed E-state index contributed by atoms with van der Waals surface area (Å²) in [7, 11) is -2.83. The molecular formula is C27H26BrClF3N3O4S. The van der Waals surface area contributed by atoms with E-state index in [2.05, 4.69) is 21.2 Å². The van der Waals surface area contributed by atoms with Crippen molar-refractivity contribution in [2.24, 2.45) is 0 Å². The summed E-state index contributed by atoms with van der Waals surface area (Å²) in [5.74, 6) is -1.29. The Morgan fingerprint density at radius 2 is 1.65 bits per heavy atom. The van der Waals surface area contributed by atoms with Gasteiger partial charge in [0, 0.05) is 24.5 Å². The fourth-order valence-corrected chi connectivity index (χ4v) is 5.56. The minimum absolute atomic E-state index is 0.0742. The first-order valence-electron chi connectivity index (χ1n) is 11.8. The first-order chi connectivity index (χ1) is 18.7. The summed E-state index contributed by atoms with van der Waals surface area (Å²) in [5.41, 5.74) is -0.252. The second kappa shape index (κ2) is 13.0. The zero-order valence-electron chi connectivity index (χ0n) is 21.5. The molecule has 3 aromatic rings. The van der Waals surface area contributed by atoms with Crippen LogP contribution in [0.5, 0.6) is 0 Å². The number of amides is 2. The Labute approximate surface area is 244 Å². The van der Waals surface area contributed by atoms with Crippen LogP contribution in [-0.2, 0) is 38.8 Å². The molecule has 0 saturated heterocycles. The summed E-state index contributed by atoms with van der Waals surface area (Å²) < 4.78 is 67.3. The van der Waals surface area contributed by atoms with E-state index in [1.807, 2.05) is 0 Å². The lowest BCUT2D eigenvalue weighted by Crippen LogP contribution is -2.52. The first-order valence-corrected chi connectivity index (χ1v) is 14.9. The van der Waals surface area contributed by atoms with Gasteiger partial charge in [-0.05, 0) is 41.5 Å². The number of carbonyl (C=O) groups is 2. The molecule has 0 bridgehead atoms. The molecule has 1 N–H and O–H groups in total. The molecule has 7 nitrogen and oxygen atoms in total. The number of likely N-dealkylation sites (N-methyl/N-ethyl adjacent to an activating group) is 1. The van der Waals surface area contributed by atoms with Crippen LogP contribution >= 0.6 is 27.5 Å². The quantitative estimate of drug-likeness (QED) is 0.321. The zero-order chi connectivity index (χ0) is 29.7. The number of nitrogens with zero attached hydrogens (tertiary/aromatic N) is 2. The molecule has 1 unspecified atom stereocenters. The third-order valence-electron chi connectivity index (χ3n) is 5.98. The maximum Gasteiger partial charge on any atom is 0.417 e. The van der Waals surface area contributed by atoms with Crippen molar-refractivity contribution < 1.29 is 31.2 Å². The van der Waals surface area contributed by atoms with Gasteiger partial charge in [-0.15, -0.1) is 0 Å². The Morgan fingerprint density at radius 3 is 2.23 bits per heavy atom. The minimum atomic E-state index is -4.85. The summed E-state index contributed by atoms with van der Waals surface area (Å²) in [6.07, 6.45) is -3.97. The molecule has 0 spiro atoms. The van der Waals surface area contributed by atoms with Crippen LogP contribution in [0.25, 0.3) is 0 Å². The monoisotopic (exact) mass is 659 g/mol. The highest BCUT2D eigenvalue weighted by atomic mass is 79.9. The second-order valence-corrected chi connectivity index (χ2v) is 12.1. The van der Waals surface area contributed by atoms with Crippen LogP contribution < -0.4 is 9.62 Å². The molecule has 1 atom stereocenters. The number of hydrogen-bond acceptors (Lipinski definition) is 4. The van der Waals surface area contributed by atoms with Crippen molar-refractivity contribution in [1.82, 2.24) is 10.2 Å². The van der Waals surface area contributed by atoms with Gasteiger partial charge in [0.1, 0.15) is 12.6 Å². The maximum absolute atomic E-state index is 13.8. The highest BCUT2D eigenvalue weighted by Gasteiger charge is 2.36. The molecule has 0 aliphatic rings. The van der Waals surface area contributed by atoms with Gasteiger partial charge in [-0.1, -0.05) is 70.0 Å². The smallest absolute Gasteiger partial charge is 0.357 e. The SMILES string of the molecule is CNC(=O)C(Cc1ccccc1)N(Cc1cccc(Br)c1)C(=O)CN(c1ccc(Cl)c(C(F)(F)F)c1)S(C)(=O)=O. The van der Waals surface area contributed by atoms with E-state index in [4.69, 9.17) is 11.6 Å². The Hall–Kier alpha value is -3.09. The van der Waals surface area contributed by atoms with Gasteiger partial charge in [0.2, 0.25) is 21.8 Å². The number of halogens is 5. The van der Waals surface area contributed by atoms with Crippen LogP contribution in [0.2, 0.25) is 5.02 Å². The number of nitrogens with one attached hydrogen (secondary N) is 1. The van der Waals surface area contributed by atoms with Gasteiger partial charge in [0.25, 0.3) is 0 Å². The predicted octanol–water partition coefficient (Wildman–Crippen LogP) is 5.27. The van der Waals surface area contributed by atoms with Gasteiger partial charge < -0.3 is 10.2 Å². The Morgan fingerprint density at radius 1 is 1.00 bits per heavy atom.